The molecule has 0 aromatic heterocycles. The van der Waals surface area contributed by atoms with E-state index in [4.69, 9.17) is 28.9 Å². The Hall–Kier alpha value is -0.570. The molecule has 1 aromatic rings. The fourth-order valence-electron chi connectivity index (χ4n) is 2.10. The van der Waals surface area contributed by atoms with E-state index in [0.29, 0.717) is 22.9 Å². The van der Waals surface area contributed by atoms with Gasteiger partial charge in [0.1, 0.15) is 5.78 Å². The molecule has 1 atom stereocenters. The molecule has 19 heavy (non-hydrogen) atoms. The van der Waals surface area contributed by atoms with Crippen molar-refractivity contribution >= 4 is 29.0 Å². The number of carbonyl (C=O) groups is 1. The molecule has 2 N–H and O–H groups in total. The van der Waals surface area contributed by atoms with Crippen LogP contribution in [0.4, 0.5) is 0 Å². The molecular weight excluding hydrogens is 281 g/mol. The molecule has 0 aliphatic carbocycles. The first kappa shape index (κ1) is 16.5. The van der Waals surface area contributed by atoms with E-state index in [1.165, 1.54) is 0 Å². The maximum absolute atomic E-state index is 11.9. The minimum atomic E-state index is -0.0877. The van der Waals surface area contributed by atoms with Gasteiger partial charge in [0.25, 0.3) is 0 Å². The highest BCUT2D eigenvalue weighted by atomic mass is 35.5. The second-order valence-corrected chi connectivity index (χ2v) is 7.01. The van der Waals surface area contributed by atoms with E-state index < -0.39 is 0 Å². The third-order valence-electron chi connectivity index (χ3n) is 2.75. The van der Waals surface area contributed by atoms with Gasteiger partial charge in [0, 0.05) is 18.9 Å². The smallest absolute Gasteiger partial charge is 0.138 e. The second-order valence-electron chi connectivity index (χ2n) is 6.19. The monoisotopic (exact) mass is 301 g/mol. The van der Waals surface area contributed by atoms with Gasteiger partial charge in [-0.25, -0.2) is 0 Å². The number of benzene rings is 1. The van der Waals surface area contributed by atoms with E-state index in [1.54, 1.807) is 12.1 Å². The molecule has 0 bridgehead atoms. The van der Waals surface area contributed by atoms with E-state index in [2.05, 4.69) is 20.8 Å². The normalized spacial score (nSPS) is 13.4. The van der Waals surface area contributed by atoms with Crippen molar-refractivity contribution in [2.45, 2.75) is 46.1 Å². The van der Waals surface area contributed by atoms with Crippen LogP contribution in [0, 0.1) is 5.41 Å². The van der Waals surface area contributed by atoms with Crippen LogP contribution in [0.1, 0.15) is 39.2 Å². The summed E-state index contributed by atoms with van der Waals surface area (Å²) >= 11 is 11.8. The molecule has 0 fully saturated rings. The molecule has 0 aliphatic rings. The fourth-order valence-corrected chi connectivity index (χ4v) is 2.42. The predicted molar refractivity (Wildman–Crippen MR) is 81.8 cm³/mol. The molecule has 0 amide bonds. The Morgan fingerprint density at radius 2 is 1.89 bits per heavy atom. The minimum absolute atomic E-state index is 0.0877. The predicted octanol–water partition coefficient (Wildman–Crippen LogP) is 4.26. The average Bonchev–Trinajstić information content (AvgIpc) is 2.20. The SMILES string of the molecule is CC(C)(C)CC(N)CC(=O)Cc1ccc(Cl)c(Cl)c1. The molecule has 1 unspecified atom stereocenters. The summed E-state index contributed by atoms with van der Waals surface area (Å²) in [4.78, 5) is 11.9. The second kappa shape index (κ2) is 6.74. The Bertz CT molecular complexity index is 452. The Morgan fingerprint density at radius 3 is 2.42 bits per heavy atom. The van der Waals surface area contributed by atoms with Crippen molar-refractivity contribution in [1.29, 1.82) is 0 Å². The van der Waals surface area contributed by atoms with Gasteiger partial charge < -0.3 is 5.73 Å². The Balaban J connectivity index is 2.53. The molecule has 0 heterocycles. The van der Waals surface area contributed by atoms with Gasteiger partial charge in [0.2, 0.25) is 0 Å². The first-order valence-electron chi connectivity index (χ1n) is 6.38. The maximum Gasteiger partial charge on any atom is 0.138 e. The Kier molecular flexibility index (Phi) is 5.84. The van der Waals surface area contributed by atoms with Gasteiger partial charge in [0.15, 0.2) is 0 Å². The van der Waals surface area contributed by atoms with Gasteiger partial charge in [-0.1, -0.05) is 50.0 Å². The first-order chi connectivity index (χ1) is 8.67. The third kappa shape index (κ3) is 6.42. The number of carbonyl (C=O) groups excluding carboxylic acids is 1. The highest BCUT2D eigenvalue weighted by molar-refractivity contribution is 6.42. The van der Waals surface area contributed by atoms with Crippen LogP contribution in [-0.4, -0.2) is 11.8 Å². The van der Waals surface area contributed by atoms with Gasteiger partial charge in [0.05, 0.1) is 10.0 Å². The van der Waals surface area contributed by atoms with E-state index in [9.17, 15) is 4.79 Å². The number of nitrogens with two attached hydrogens (primary N) is 1. The van der Waals surface area contributed by atoms with E-state index >= 15 is 0 Å². The van der Waals surface area contributed by atoms with Gasteiger partial charge in [-0.3, -0.25) is 4.79 Å². The lowest BCUT2D eigenvalue weighted by atomic mass is 9.86. The zero-order chi connectivity index (χ0) is 14.6. The van der Waals surface area contributed by atoms with Crippen LogP contribution in [0.2, 0.25) is 10.0 Å². The lowest BCUT2D eigenvalue weighted by molar-refractivity contribution is -0.118. The van der Waals surface area contributed by atoms with Crippen molar-refractivity contribution in [3.05, 3.63) is 33.8 Å². The van der Waals surface area contributed by atoms with E-state index in [-0.39, 0.29) is 17.2 Å². The number of hydrogen-bond donors (Lipinski definition) is 1. The number of hydrogen-bond acceptors (Lipinski definition) is 2. The highest BCUT2D eigenvalue weighted by Gasteiger charge is 2.18. The maximum atomic E-state index is 11.9. The zero-order valence-electron chi connectivity index (χ0n) is 11.7. The minimum Gasteiger partial charge on any atom is -0.327 e. The summed E-state index contributed by atoms with van der Waals surface area (Å²) in [5, 5.41) is 0.980. The van der Waals surface area contributed by atoms with Crippen LogP contribution in [0.15, 0.2) is 18.2 Å². The third-order valence-corrected chi connectivity index (χ3v) is 3.49. The molecule has 2 nitrogen and oxygen atoms in total. The average molecular weight is 302 g/mol. The lowest BCUT2D eigenvalue weighted by Gasteiger charge is -2.22. The van der Waals surface area contributed by atoms with Gasteiger partial charge in [-0.2, -0.15) is 0 Å². The fraction of sp³-hybridized carbons (Fsp3) is 0.533. The molecule has 0 spiro atoms. The first-order valence-corrected chi connectivity index (χ1v) is 7.14. The standard InChI is InChI=1S/C15H21Cl2NO/c1-15(2,3)9-11(18)8-12(19)6-10-4-5-13(16)14(17)7-10/h4-5,7,11H,6,8-9,18H2,1-3H3. The van der Waals surface area contributed by atoms with Crippen LogP contribution in [0.25, 0.3) is 0 Å². The molecule has 0 aliphatic heterocycles. The Labute approximate surface area is 125 Å². The topological polar surface area (TPSA) is 43.1 Å². The van der Waals surface area contributed by atoms with Crippen LogP contribution in [0.5, 0.6) is 0 Å². The molecule has 4 heteroatoms. The van der Waals surface area contributed by atoms with Crippen molar-refractivity contribution in [3.8, 4) is 0 Å². The van der Waals surface area contributed by atoms with Crippen LogP contribution >= 0.6 is 23.2 Å². The van der Waals surface area contributed by atoms with Gasteiger partial charge in [-0.05, 0) is 29.5 Å². The van der Waals surface area contributed by atoms with Gasteiger partial charge >= 0.3 is 0 Å². The summed E-state index contributed by atoms with van der Waals surface area (Å²) in [5.41, 5.74) is 7.02. The quantitative estimate of drug-likeness (QED) is 0.883. The number of rotatable bonds is 5. The largest absolute Gasteiger partial charge is 0.327 e. The summed E-state index contributed by atoms with van der Waals surface area (Å²) < 4.78 is 0. The summed E-state index contributed by atoms with van der Waals surface area (Å²) in [6.07, 6.45) is 1.59. The number of Topliss-reactive ketones (excluding diaryl/α,β-unsaturated/α-hetero) is 1. The van der Waals surface area contributed by atoms with Crippen LogP contribution in [0.3, 0.4) is 0 Å². The van der Waals surface area contributed by atoms with Crippen LogP contribution in [-0.2, 0) is 11.2 Å². The molecule has 1 aromatic carbocycles. The number of halogens is 2. The van der Waals surface area contributed by atoms with Crippen molar-refractivity contribution in [2.75, 3.05) is 0 Å². The zero-order valence-corrected chi connectivity index (χ0v) is 13.2. The molecule has 1 rings (SSSR count). The van der Waals surface area contributed by atoms with Crippen molar-refractivity contribution in [2.24, 2.45) is 11.1 Å². The lowest BCUT2D eigenvalue weighted by Crippen LogP contribution is -2.29. The van der Waals surface area contributed by atoms with Crippen molar-refractivity contribution in [1.82, 2.24) is 0 Å². The summed E-state index contributed by atoms with van der Waals surface area (Å²) in [6.45, 7) is 6.36. The molecular formula is C15H21Cl2NO. The number of ketones is 1. The molecule has 106 valence electrons. The molecule has 0 saturated heterocycles. The van der Waals surface area contributed by atoms with E-state index in [1.807, 2.05) is 6.07 Å². The van der Waals surface area contributed by atoms with Crippen LogP contribution < -0.4 is 5.73 Å². The summed E-state index contributed by atoms with van der Waals surface area (Å²) in [5.74, 6) is 0.134. The summed E-state index contributed by atoms with van der Waals surface area (Å²) in [7, 11) is 0. The van der Waals surface area contributed by atoms with E-state index in [0.717, 1.165) is 12.0 Å². The molecule has 0 saturated carbocycles. The highest BCUT2D eigenvalue weighted by Crippen LogP contribution is 2.24. The Morgan fingerprint density at radius 1 is 1.26 bits per heavy atom. The molecule has 0 radical (unpaired) electrons. The van der Waals surface area contributed by atoms with Crippen molar-refractivity contribution in [3.63, 3.8) is 0 Å². The van der Waals surface area contributed by atoms with Gasteiger partial charge in [-0.15, -0.1) is 0 Å². The summed E-state index contributed by atoms with van der Waals surface area (Å²) in [6, 6.07) is 5.18. The van der Waals surface area contributed by atoms with Crippen molar-refractivity contribution < 1.29 is 4.79 Å².